The van der Waals surface area contributed by atoms with Gasteiger partial charge in [-0.2, -0.15) is 0 Å². The van der Waals surface area contributed by atoms with E-state index in [1.807, 2.05) is 0 Å². The van der Waals surface area contributed by atoms with Crippen LogP contribution in [0.25, 0.3) is 0 Å². The molecule has 8 heteroatoms. The molecule has 0 amide bonds. The molecule has 21 heavy (non-hydrogen) atoms. The van der Waals surface area contributed by atoms with Gasteiger partial charge in [-0.05, 0) is 27.7 Å². The van der Waals surface area contributed by atoms with E-state index in [2.05, 4.69) is 60.9 Å². The van der Waals surface area contributed by atoms with Crippen molar-refractivity contribution in [2.45, 2.75) is 27.7 Å². The second-order valence-electron chi connectivity index (χ2n) is 2.61. The Morgan fingerprint density at radius 1 is 0.524 bits per heavy atom. The smallest absolute Gasteiger partial charge is 0 e. The van der Waals surface area contributed by atoms with Crippen molar-refractivity contribution < 1.29 is 65.8 Å². The zero-order chi connectivity index (χ0) is 17.3. The molecule has 0 aliphatic heterocycles. The molecule has 0 atom stereocenters. The number of nitrogens with zero attached hydrogens (tertiary/aromatic N) is 1. The van der Waals surface area contributed by atoms with Gasteiger partial charge in [-0.1, -0.05) is 0 Å². The fourth-order valence-electron chi connectivity index (χ4n) is 1.34. The SMILES string of the molecule is CC[N+](CC)(CC)CC.[Br-].[C-]#[O+].[C-]#[O+].[C-]#[O+].[C-]#[O+].[C-]#[O+].[Mo]. The van der Waals surface area contributed by atoms with Gasteiger partial charge in [-0.3, -0.25) is 0 Å². The van der Waals surface area contributed by atoms with E-state index in [1.165, 1.54) is 30.7 Å². The molecule has 0 saturated carbocycles. The molecule has 0 spiro atoms. The molecule has 0 unspecified atom stereocenters. The van der Waals surface area contributed by atoms with Crippen molar-refractivity contribution in [3.05, 3.63) is 33.3 Å². The molecule has 0 radical (unpaired) electrons. The Balaban J connectivity index is -0.0000000201. The summed E-state index contributed by atoms with van der Waals surface area (Å²) in [4.78, 5) is 0. The van der Waals surface area contributed by atoms with Gasteiger partial charge in [0.25, 0.3) is 0 Å². The first-order chi connectivity index (χ1) is 9.24. The molecule has 0 N–H and O–H groups in total. The maximum Gasteiger partial charge on any atom is 0 e. The second-order valence-corrected chi connectivity index (χ2v) is 2.61. The number of rotatable bonds is 4. The predicted octanol–water partition coefficient (Wildman–Crippen LogP) is -1.30. The van der Waals surface area contributed by atoms with Crippen molar-refractivity contribution in [3.8, 4) is 0 Å². The Kier molecular flexibility index (Phi) is 172. The van der Waals surface area contributed by atoms with E-state index in [4.69, 9.17) is 23.3 Å². The van der Waals surface area contributed by atoms with Gasteiger partial charge in [0.15, 0.2) is 0 Å². The van der Waals surface area contributed by atoms with Crippen LogP contribution in [0.3, 0.4) is 0 Å². The molecule has 6 nitrogen and oxygen atoms in total. The van der Waals surface area contributed by atoms with Gasteiger partial charge in [0, 0.05) is 21.1 Å². The van der Waals surface area contributed by atoms with Crippen molar-refractivity contribution in [1.82, 2.24) is 0 Å². The normalized spacial score (nSPS) is 5.62. The van der Waals surface area contributed by atoms with E-state index in [0.717, 1.165) is 0 Å². The van der Waals surface area contributed by atoms with Crippen LogP contribution < -0.4 is 17.0 Å². The quantitative estimate of drug-likeness (QED) is 0.222. The third-order valence-corrected chi connectivity index (χ3v) is 2.68. The summed E-state index contributed by atoms with van der Waals surface area (Å²) in [6.45, 7) is 36.7. The minimum atomic E-state index is 0. The summed E-state index contributed by atoms with van der Waals surface area (Å²) < 4.78 is 38.8. The summed E-state index contributed by atoms with van der Waals surface area (Å²) in [7, 11) is 0. The van der Waals surface area contributed by atoms with Crippen LogP contribution in [0.4, 0.5) is 0 Å². The number of halogens is 1. The van der Waals surface area contributed by atoms with Crippen molar-refractivity contribution in [2.75, 3.05) is 26.2 Å². The number of quaternary nitrogens is 1. The van der Waals surface area contributed by atoms with E-state index in [0.29, 0.717) is 0 Å². The molecule has 0 aliphatic rings. The molecule has 0 rings (SSSR count). The Morgan fingerprint density at radius 2 is 0.619 bits per heavy atom. The first kappa shape index (κ1) is 49.8. The van der Waals surface area contributed by atoms with Gasteiger partial charge in [0.05, 0.1) is 26.2 Å². The Bertz CT molecular complexity index is 183. The Morgan fingerprint density at radius 3 is 0.619 bits per heavy atom. The minimum absolute atomic E-state index is 0. The maximum absolute atomic E-state index is 7.50. The zero-order valence-electron chi connectivity index (χ0n) is 12.6. The number of hydrogen-bond donors (Lipinski definition) is 0. The maximum atomic E-state index is 7.50. The summed E-state index contributed by atoms with van der Waals surface area (Å²) in [5.41, 5.74) is 0. The van der Waals surface area contributed by atoms with Crippen molar-refractivity contribution >= 4 is 0 Å². The molecule has 0 bridgehead atoms. The van der Waals surface area contributed by atoms with Crippen LogP contribution in [-0.4, -0.2) is 30.7 Å². The molecule has 120 valence electrons. The second kappa shape index (κ2) is 72.8. The molecule has 0 aromatic rings. The van der Waals surface area contributed by atoms with Crippen LogP contribution in [-0.2, 0) is 44.3 Å². The van der Waals surface area contributed by atoms with Gasteiger partial charge in [0.2, 0.25) is 0 Å². The molecule has 0 aliphatic carbocycles. The van der Waals surface area contributed by atoms with E-state index in [-0.39, 0.29) is 38.0 Å². The van der Waals surface area contributed by atoms with Gasteiger partial charge in [-0.25, -0.2) is 0 Å². The average molecular weight is 446 g/mol. The summed E-state index contributed by atoms with van der Waals surface area (Å²) in [5, 5.41) is 0. The van der Waals surface area contributed by atoms with E-state index >= 15 is 0 Å². The molecular formula is C13H20BrMoNO5. The number of hydrogen-bond acceptors (Lipinski definition) is 0. The molecular weight excluding hydrogens is 426 g/mol. The van der Waals surface area contributed by atoms with Gasteiger partial charge in [-0.15, -0.1) is 0 Å². The van der Waals surface area contributed by atoms with Crippen LogP contribution >= 0.6 is 0 Å². The molecule has 0 fully saturated rings. The van der Waals surface area contributed by atoms with Crippen LogP contribution in [0.5, 0.6) is 0 Å². The molecule has 0 aromatic heterocycles. The monoisotopic (exact) mass is 447 g/mol. The van der Waals surface area contributed by atoms with Crippen molar-refractivity contribution in [2.24, 2.45) is 0 Å². The van der Waals surface area contributed by atoms with Crippen LogP contribution in [0.1, 0.15) is 27.7 Å². The summed E-state index contributed by atoms with van der Waals surface area (Å²) in [6.07, 6.45) is 0. The molecule has 0 heterocycles. The summed E-state index contributed by atoms with van der Waals surface area (Å²) >= 11 is 0. The van der Waals surface area contributed by atoms with Crippen LogP contribution in [0.2, 0.25) is 0 Å². The van der Waals surface area contributed by atoms with Gasteiger partial charge in [0.1, 0.15) is 0 Å². The summed E-state index contributed by atoms with van der Waals surface area (Å²) in [5.74, 6) is 0. The fraction of sp³-hybridized carbons (Fsp3) is 0.615. The van der Waals surface area contributed by atoms with E-state index in [9.17, 15) is 0 Å². The van der Waals surface area contributed by atoms with E-state index < -0.39 is 0 Å². The zero-order valence-corrected chi connectivity index (χ0v) is 16.2. The Labute approximate surface area is 152 Å². The van der Waals surface area contributed by atoms with Crippen molar-refractivity contribution in [3.63, 3.8) is 0 Å². The standard InChI is InChI=1S/C8H20N.5CO.BrH.Mo/c1-5-9(6-2,7-3)8-4;5*1-2;;/h5-8H2,1-4H3;;;;;;1H;/q+1;;;;;;;/p-1. The topological polar surface area (TPSA) is 99.5 Å². The van der Waals surface area contributed by atoms with Crippen molar-refractivity contribution in [1.29, 1.82) is 0 Å². The van der Waals surface area contributed by atoms with Crippen LogP contribution in [0, 0.1) is 33.3 Å². The largest absolute Gasteiger partial charge is 0 e. The molecule has 0 aromatic carbocycles. The average Bonchev–Trinajstić information content (AvgIpc) is 2.59. The molecule has 0 saturated heterocycles. The third kappa shape index (κ3) is 45.0. The third-order valence-electron chi connectivity index (χ3n) is 2.68. The van der Waals surface area contributed by atoms with Gasteiger partial charge < -0.3 is 21.5 Å². The van der Waals surface area contributed by atoms with E-state index in [1.54, 1.807) is 0 Å². The summed E-state index contributed by atoms with van der Waals surface area (Å²) in [6, 6.07) is 0. The minimum Gasteiger partial charge on any atom is 0 e. The van der Waals surface area contributed by atoms with Crippen LogP contribution in [0.15, 0.2) is 0 Å². The first-order valence-corrected chi connectivity index (χ1v) is 5.11. The predicted molar refractivity (Wildman–Crippen MR) is 62.1 cm³/mol. The first-order valence-electron chi connectivity index (χ1n) is 5.11. The fourth-order valence-corrected chi connectivity index (χ4v) is 1.34. The van der Waals surface area contributed by atoms with Gasteiger partial charge >= 0.3 is 56.5 Å². The Hall–Kier alpha value is -0.172.